The number of amides is 1. The standard InChI is InChI=1S/C20H23N3O2/c1-13(2)14-5-7-19(25-3)15(10-14)8-9-21-20(24)16-4-6-17-18(11-16)23-12-22-17/h4-7,10-13H,8-9H2,1-3H3,(H,21,24)(H,22,23). The molecule has 5 heteroatoms. The van der Waals surface area contributed by atoms with Crippen LogP contribution in [0.5, 0.6) is 5.75 Å². The molecule has 0 fully saturated rings. The average molecular weight is 337 g/mol. The summed E-state index contributed by atoms with van der Waals surface area (Å²) in [7, 11) is 1.67. The van der Waals surface area contributed by atoms with E-state index < -0.39 is 0 Å². The first-order chi connectivity index (χ1) is 12.1. The molecule has 3 rings (SSSR count). The summed E-state index contributed by atoms with van der Waals surface area (Å²) >= 11 is 0. The number of benzene rings is 2. The number of ether oxygens (including phenoxy) is 1. The van der Waals surface area contributed by atoms with Crippen LogP contribution < -0.4 is 10.1 Å². The summed E-state index contributed by atoms with van der Waals surface area (Å²) in [4.78, 5) is 19.5. The van der Waals surface area contributed by atoms with E-state index in [1.165, 1.54) is 5.56 Å². The second-order valence-corrected chi connectivity index (χ2v) is 6.37. The predicted molar refractivity (Wildman–Crippen MR) is 99.2 cm³/mol. The van der Waals surface area contributed by atoms with Crippen molar-refractivity contribution in [2.75, 3.05) is 13.7 Å². The fraction of sp³-hybridized carbons (Fsp3) is 0.300. The van der Waals surface area contributed by atoms with Gasteiger partial charge in [0.15, 0.2) is 0 Å². The van der Waals surface area contributed by atoms with E-state index in [2.05, 4.69) is 41.3 Å². The summed E-state index contributed by atoms with van der Waals surface area (Å²) in [6.45, 7) is 4.88. The molecule has 2 aromatic carbocycles. The molecular formula is C20H23N3O2. The molecule has 0 unspecified atom stereocenters. The number of methoxy groups -OCH3 is 1. The fourth-order valence-corrected chi connectivity index (χ4v) is 2.84. The van der Waals surface area contributed by atoms with Crippen molar-refractivity contribution < 1.29 is 9.53 Å². The Balaban J connectivity index is 1.65. The van der Waals surface area contributed by atoms with Crippen molar-refractivity contribution in [3.63, 3.8) is 0 Å². The topological polar surface area (TPSA) is 67.0 Å². The average Bonchev–Trinajstić information content (AvgIpc) is 3.09. The third-order valence-corrected chi connectivity index (χ3v) is 4.33. The van der Waals surface area contributed by atoms with E-state index in [4.69, 9.17) is 4.74 Å². The van der Waals surface area contributed by atoms with Gasteiger partial charge in [-0.25, -0.2) is 4.98 Å². The summed E-state index contributed by atoms with van der Waals surface area (Å²) in [5.41, 5.74) is 4.72. The van der Waals surface area contributed by atoms with Gasteiger partial charge in [-0.05, 0) is 47.7 Å². The molecule has 2 N–H and O–H groups in total. The van der Waals surface area contributed by atoms with E-state index in [9.17, 15) is 4.79 Å². The maximum atomic E-state index is 12.4. The van der Waals surface area contributed by atoms with Crippen LogP contribution >= 0.6 is 0 Å². The zero-order chi connectivity index (χ0) is 17.8. The lowest BCUT2D eigenvalue weighted by Gasteiger charge is -2.13. The van der Waals surface area contributed by atoms with Crippen LogP contribution in [0.15, 0.2) is 42.7 Å². The summed E-state index contributed by atoms with van der Waals surface area (Å²) < 4.78 is 5.44. The van der Waals surface area contributed by atoms with Gasteiger partial charge >= 0.3 is 0 Å². The molecule has 0 bridgehead atoms. The van der Waals surface area contributed by atoms with Gasteiger partial charge in [0.2, 0.25) is 0 Å². The molecule has 0 aliphatic carbocycles. The largest absolute Gasteiger partial charge is 0.496 e. The van der Waals surface area contributed by atoms with Crippen LogP contribution in [-0.4, -0.2) is 29.5 Å². The number of hydrogen-bond acceptors (Lipinski definition) is 3. The Morgan fingerprint density at radius 3 is 2.84 bits per heavy atom. The van der Waals surface area contributed by atoms with E-state index >= 15 is 0 Å². The molecule has 0 aliphatic heterocycles. The normalized spacial score (nSPS) is 11.0. The van der Waals surface area contributed by atoms with E-state index in [1.54, 1.807) is 19.5 Å². The number of carbonyl (C=O) groups is 1. The number of imidazole rings is 1. The van der Waals surface area contributed by atoms with Crippen molar-refractivity contribution in [2.24, 2.45) is 0 Å². The molecule has 0 aliphatic rings. The van der Waals surface area contributed by atoms with E-state index in [-0.39, 0.29) is 5.91 Å². The second kappa shape index (κ2) is 7.38. The molecule has 0 atom stereocenters. The quantitative estimate of drug-likeness (QED) is 0.721. The van der Waals surface area contributed by atoms with E-state index in [0.29, 0.717) is 18.0 Å². The lowest BCUT2D eigenvalue weighted by molar-refractivity contribution is 0.0954. The third-order valence-electron chi connectivity index (χ3n) is 4.33. The smallest absolute Gasteiger partial charge is 0.251 e. The molecule has 25 heavy (non-hydrogen) atoms. The maximum Gasteiger partial charge on any atom is 0.251 e. The van der Waals surface area contributed by atoms with Crippen LogP contribution in [0.3, 0.4) is 0 Å². The predicted octanol–water partition coefficient (Wildman–Crippen LogP) is 3.67. The first-order valence-corrected chi connectivity index (χ1v) is 8.46. The van der Waals surface area contributed by atoms with Gasteiger partial charge in [-0.15, -0.1) is 0 Å². The highest BCUT2D eigenvalue weighted by atomic mass is 16.5. The van der Waals surface area contributed by atoms with Crippen molar-refractivity contribution in [1.29, 1.82) is 0 Å². The minimum absolute atomic E-state index is 0.0875. The van der Waals surface area contributed by atoms with Gasteiger partial charge in [-0.3, -0.25) is 4.79 Å². The molecule has 0 saturated heterocycles. The van der Waals surface area contributed by atoms with Crippen LogP contribution in [0.2, 0.25) is 0 Å². The SMILES string of the molecule is COc1ccc(C(C)C)cc1CCNC(=O)c1ccc2nc[nH]c2c1. The zero-order valence-electron chi connectivity index (χ0n) is 14.8. The Kier molecular flexibility index (Phi) is 5.03. The van der Waals surface area contributed by atoms with Gasteiger partial charge in [0.05, 0.1) is 24.5 Å². The van der Waals surface area contributed by atoms with Crippen LogP contribution in [0.4, 0.5) is 0 Å². The molecule has 1 heterocycles. The van der Waals surface area contributed by atoms with Gasteiger partial charge in [0, 0.05) is 12.1 Å². The number of aromatic amines is 1. The van der Waals surface area contributed by atoms with Crippen molar-refractivity contribution in [1.82, 2.24) is 15.3 Å². The zero-order valence-corrected chi connectivity index (χ0v) is 14.8. The van der Waals surface area contributed by atoms with Crippen LogP contribution in [0, 0.1) is 0 Å². The second-order valence-electron chi connectivity index (χ2n) is 6.37. The van der Waals surface area contributed by atoms with Crippen LogP contribution in [0.1, 0.15) is 41.3 Å². The van der Waals surface area contributed by atoms with Gasteiger partial charge < -0.3 is 15.0 Å². The number of fused-ring (bicyclic) bond motifs is 1. The summed E-state index contributed by atoms with van der Waals surface area (Å²) in [6, 6.07) is 11.7. The molecule has 3 aromatic rings. The number of H-pyrrole nitrogens is 1. The fourth-order valence-electron chi connectivity index (χ4n) is 2.84. The number of nitrogens with one attached hydrogen (secondary N) is 2. The highest BCUT2D eigenvalue weighted by molar-refractivity contribution is 5.97. The lowest BCUT2D eigenvalue weighted by atomic mass is 9.99. The molecule has 130 valence electrons. The first-order valence-electron chi connectivity index (χ1n) is 8.46. The highest BCUT2D eigenvalue weighted by Gasteiger charge is 2.10. The number of hydrogen-bond donors (Lipinski definition) is 2. The van der Waals surface area contributed by atoms with Crippen molar-refractivity contribution >= 4 is 16.9 Å². The van der Waals surface area contributed by atoms with E-state index in [1.807, 2.05) is 18.2 Å². The Bertz CT molecular complexity index is 884. The monoisotopic (exact) mass is 337 g/mol. The number of rotatable bonds is 6. The molecule has 5 nitrogen and oxygen atoms in total. The maximum absolute atomic E-state index is 12.4. The Morgan fingerprint density at radius 2 is 2.08 bits per heavy atom. The Morgan fingerprint density at radius 1 is 1.24 bits per heavy atom. The number of nitrogens with zero attached hydrogens (tertiary/aromatic N) is 1. The molecule has 0 radical (unpaired) electrons. The lowest BCUT2D eigenvalue weighted by Crippen LogP contribution is -2.25. The summed E-state index contributed by atoms with van der Waals surface area (Å²) in [5, 5.41) is 2.98. The van der Waals surface area contributed by atoms with Gasteiger partial charge in [-0.2, -0.15) is 0 Å². The first kappa shape index (κ1) is 17.0. The minimum Gasteiger partial charge on any atom is -0.496 e. The Labute approximate surface area is 147 Å². The molecule has 1 aromatic heterocycles. The van der Waals surface area contributed by atoms with Gasteiger partial charge in [0.1, 0.15) is 5.75 Å². The molecule has 0 spiro atoms. The highest BCUT2D eigenvalue weighted by Crippen LogP contribution is 2.24. The summed E-state index contributed by atoms with van der Waals surface area (Å²) in [6.07, 6.45) is 2.35. The van der Waals surface area contributed by atoms with Crippen LogP contribution in [0.25, 0.3) is 11.0 Å². The Hall–Kier alpha value is -2.82. The van der Waals surface area contributed by atoms with E-state index in [0.717, 1.165) is 28.8 Å². The van der Waals surface area contributed by atoms with Gasteiger partial charge in [-0.1, -0.05) is 26.0 Å². The van der Waals surface area contributed by atoms with Crippen molar-refractivity contribution in [2.45, 2.75) is 26.2 Å². The molecule has 1 amide bonds. The number of carbonyl (C=O) groups excluding carboxylic acids is 1. The minimum atomic E-state index is -0.0875. The summed E-state index contributed by atoms with van der Waals surface area (Å²) in [5.74, 6) is 1.23. The molecule has 0 saturated carbocycles. The molecular weight excluding hydrogens is 314 g/mol. The number of aromatic nitrogens is 2. The van der Waals surface area contributed by atoms with Crippen LogP contribution in [-0.2, 0) is 6.42 Å². The van der Waals surface area contributed by atoms with Crippen molar-refractivity contribution in [3.8, 4) is 5.75 Å². The van der Waals surface area contributed by atoms with Gasteiger partial charge in [0.25, 0.3) is 5.91 Å². The third kappa shape index (κ3) is 3.82. The van der Waals surface area contributed by atoms with Crippen molar-refractivity contribution in [3.05, 3.63) is 59.4 Å².